The molecule has 7 heteroatoms. The van der Waals surface area contributed by atoms with Crippen molar-refractivity contribution in [1.29, 1.82) is 0 Å². The van der Waals surface area contributed by atoms with Gasteiger partial charge in [-0.3, -0.25) is 9.59 Å². The van der Waals surface area contributed by atoms with Crippen LogP contribution in [-0.2, 0) is 25.7 Å². The largest absolute Gasteiger partial charge is 0.465 e. The zero-order valence-electron chi connectivity index (χ0n) is 14.6. The lowest BCUT2D eigenvalue weighted by molar-refractivity contribution is -0.147. The molecule has 0 aliphatic carbocycles. The van der Waals surface area contributed by atoms with Gasteiger partial charge in [-0.15, -0.1) is 12.4 Å². The van der Waals surface area contributed by atoms with Crippen LogP contribution in [-0.4, -0.2) is 32.7 Å². The Bertz CT molecular complexity index is 505. The van der Waals surface area contributed by atoms with Crippen LogP contribution in [0.2, 0.25) is 25.7 Å². The minimum absolute atomic E-state index is 0. The van der Waals surface area contributed by atoms with Crippen LogP contribution in [0.1, 0.15) is 18.4 Å². The summed E-state index contributed by atoms with van der Waals surface area (Å²) in [4.78, 5) is 23.4. The van der Waals surface area contributed by atoms with Gasteiger partial charge in [-0.1, -0.05) is 50.0 Å². The predicted octanol–water partition coefficient (Wildman–Crippen LogP) is 3.14. The first kappa shape index (κ1) is 22.6. The Kier molecular flexibility index (Phi) is 10.6. The summed E-state index contributed by atoms with van der Waals surface area (Å²) in [5.41, 5.74) is 6.68. The average molecular weight is 374 g/mol. The molecule has 2 N–H and O–H groups in total. The van der Waals surface area contributed by atoms with E-state index < -0.39 is 20.1 Å². The molecule has 5 nitrogen and oxygen atoms in total. The summed E-state index contributed by atoms with van der Waals surface area (Å²) in [7, 11) is -1.23. The summed E-state index contributed by atoms with van der Waals surface area (Å²) < 4.78 is 10.3. The first-order valence-corrected chi connectivity index (χ1v) is 11.6. The maximum atomic E-state index is 11.7. The second kappa shape index (κ2) is 11.2. The van der Waals surface area contributed by atoms with Crippen LogP contribution in [0.5, 0.6) is 0 Å². The highest BCUT2D eigenvalue weighted by atomic mass is 35.5. The number of esters is 2. The molecule has 1 aromatic rings. The Labute approximate surface area is 151 Å². The topological polar surface area (TPSA) is 78.6 Å². The van der Waals surface area contributed by atoms with Gasteiger partial charge in [-0.2, -0.15) is 0 Å². The van der Waals surface area contributed by atoms with Gasteiger partial charge in [0.15, 0.2) is 0 Å². The molecule has 0 saturated heterocycles. The standard InChI is InChI=1S/C17H27NO4Si.ClH/c1-23(2,3)12-11-21-17(20)15(18)9-10-16(19)22-13-14-7-5-4-6-8-14;/h4-8,15H,9-13,18H2,1-3H3;1H/t15-;/m1./s1. The first-order valence-electron chi connectivity index (χ1n) is 7.90. The predicted molar refractivity (Wildman–Crippen MR) is 99.8 cm³/mol. The molecule has 0 aliphatic heterocycles. The van der Waals surface area contributed by atoms with Crippen LogP contribution in [0.3, 0.4) is 0 Å². The zero-order chi connectivity index (χ0) is 17.3. The number of halogens is 1. The lowest BCUT2D eigenvalue weighted by atomic mass is 10.2. The van der Waals surface area contributed by atoms with E-state index in [-0.39, 0.29) is 37.8 Å². The molecule has 136 valence electrons. The van der Waals surface area contributed by atoms with Crippen LogP contribution < -0.4 is 5.73 Å². The molecule has 1 atom stereocenters. The van der Waals surface area contributed by atoms with Gasteiger partial charge in [0.25, 0.3) is 0 Å². The average Bonchev–Trinajstić information content (AvgIpc) is 2.50. The molecular formula is C17H28ClNO4Si. The van der Waals surface area contributed by atoms with E-state index in [1.807, 2.05) is 30.3 Å². The van der Waals surface area contributed by atoms with Crippen LogP contribution in [0.4, 0.5) is 0 Å². The Morgan fingerprint density at radius 3 is 2.33 bits per heavy atom. The summed E-state index contributed by atoms with van der Waals surface area (Å²) >= 11 is 0. The van der Waals surface area contributed by atoms with E-state index >= 15 is 0 Å². The molecule has 1 rings (SSSR count). The number of hydrogen-bond donors (Lipinski definition) is 1. The quantitative estimate of drug-likeness (QED) is 0.531. The minimum Gasteiger partial charge on any atom is -0.465 e. The third-order valence-electron chi connectivity index (χ3n) is 3.30. The lowest BCUT2D eigenvalue weighted by Gasteiger charge is -2.16. The molecule has 0 amide bonds. The van der Waals surface area contributed by atoms with E-state index in [1.54, 1.807) is 0 Å². The van der Waals surface area contributed by atoms with Gasteiger partial charge in [0.1, 0.15) is 12.6 Å². The normalized spacial score (nSPS) is 12.0. The lowest BCUT2D eigenvalue weighted by Crippen LogP contribution is -2.34. The maximum absolute atomic E-state index is 11.7. The van der Waals surface area contributed by atoms with E-state index in [0.717, 1.165) is 11.6 Å². The van der Waals surface area contributed by atoms with Crippen molar-refractivity contribution in [3.8, 4) is 0 Å². The highest BCUT2D eigenvalue weighted by Crippen LogP contribution is 2.09. The molecule has 24 heavy (non-hydrogen) atoms. The smallest absolute Gasteiger partial charge is 0.322 e. The number of carbonyl (C=O) groups excluding carboxylic acids is 2. The zero-order valence-corrected chi connectivity index (χ0v) is 16.4. The molecular weight excluding hydrogens is 346 g/mol. The van der Waals surface area contributed by atoms with E-state index in [4.69, 9.17) is 15.2 Å². The van der Waals surface area contributed by atoms with Gasteiger partial charge < -0.3 is 15.2 Å². The third-order valence-corrected chi connectivity index (χ3v) is 5.01. The van der Waals surface area contributed by atoms with Crippen molar-refractivity contribution in [1.82, 2.24) is 0 Å². The number of rotatable bonds is 9. The van der Waals surface area contributed by atoms with Gasteiger partial charge in [-0.05, 0) is 18.0 Å². The number of ether oxygens (including phenoxy) is 2. The van der Waals surface area contributed by atoms with Crippen LogP contribution in [0, 0.1) is 0 Å². The number of nitrogens with two attached hydrogens (primary N) is 1. The highest BCUT2D eigenvalue weighted by molar-refractivity contribution is 6.76. The molecule has 0 aromatic heterocycles. The Morgan fingerprint density at radius 1 is 1.12 bits per heavy atom. The summed E-state index contributed by atoms with van der Waals surface area (Å²) in [5.74, 6) is -0.807. The SMILES string of the molecule is C[Si](C)(C)CCOC(=O)[C@H](N)CCC(=O)OCc1ccccc1.Cl. The number of hydrogen-bond acceptors (Lipinski definition) is 5. The van der Waals surface area contributed by atoms with Crippen LogP contribution >= 0.6 is 12.4 Å². The maximum Gasteiger partial charge on any atom is 0.322 e. The molecule has 0 saturated carbocycles. The first-order chi connectivity index (χ1) is 10.8. The van der Waals surface area contributed by atoms with Crippen molar-refractivity contribution in [2.45, 2.75) is 51.2 Å². The van der Waals surface area contributed by atoms with E-state index in [2.05, 4.69) is 19.6 Å². The van der Waals surface area contributed by atoms with Gasteiger partial charge in [-0.25, -0.2) is 0 Å². The molecule has 0 unspecified atom stereocenters. The molecule has 0 aliphatic rings. The van der Waals surface area contributed by atoms with Gasteiger partial charge in [0.2, 0.25) is 0 Å². The Morgan fingerprint density at radius 2 is 1.75 bits per heavy atom. The fourth-order valence-electron chi connectivity index (χ4n) is 1.77. The minimum atomic E-state index is -1.23. The molecule has 1 aromatic carbocycles. The van der Waals surface area contributed by atoms with Crippen molar-refractivity contribution < 1.29 is 19.1 Å². The third kappa shape index (κ3) is 10.4. The highest BCUT2D eigenvalue weighted by Gasteiger charge is 2.19. The van der Waals surface area contributed by atoms with Crippen molar-refractivity contribution in [3.05, 3.63) is 35.9 Å². The summed E-state index contributed by atoms with van der Waals surface area (Å²) in [6.07, 6.45) is 0.344. The van der Waals surface area contributed by atoms with Crippen molar-refractivity contribution in [2.75, 3.05) is 6.61 Å². The van der Waals surface area contributed by atoms with Gasteiger partial charge in [0.05, 0.1) is 6.61 Å². The molecule has 0 radical (unpaired) electrons. The molecule has 0 bridgehead atoms. The summed E-state index contributed by atoms with van der Waals surface area (Å²) in [6, 6.07) is 9.57. The summed E-state index contributed by atoms with van der Waals surface area (Å²) in [5, 5.41) is 0. The number of carbonyl (C=O) groups is 2. The van der Waals surface area contributed by atoms with E-state index in [0.29, 0.717) is 6.61 Å². The van der Waals surface area contributed by atoms with Gasteiger partial charge >= 0.3 is 11.9 Å². The van der Waals surface area contributed by atoms with E-state index in [9.17, 15) is 9.59 Å². The Hall–Kier alpha value is -1.37. The second-order valence-electron chi connectivity index (χ2n) is 6.77. The fraction of sp³-hybridized carbons (Fsp3) is 0.529. The second-order valence-corrected chi connectivity index (χ2v) is 12.4. The molecule has 0 fully saturated rings. The molecule has 0 heterocycles. The number of benzene rings is 1. The Balaban J connectivity index is 0.00000529. The summed E-state index contributed by atoms with van der Waals surface area (Å²) in [6.45, 7) is 7.27. The van der Waals surface area contributed by atoms with E-state index in [1.165, 1.54) is 0 Å². The fourth-order valence-corrected chi connectivity index (χ4v) is 2.48. The van der Waals surface area contributed by atoms with Crippen molar-refractivity contribution >= 4 is 32.4 Å². The van der Waals surface area contributed by atoms with Crippen molar-refractivity contribution in [2.24, 2.45) is 5.73 Å². The van der Waals surface area contributed by atoms with Crippen LogP contribution in [0.25, 0.3) is 0 Å². The monoisotopic (exact) mass is 373 g/mol. The van der Waals surface area contributed by atoms with Gasteiger partial charge in [0, 0.05) is 14.5 Å². The molecule has 0 spiro atoms. The van der Waals surface area contributed by atoms with Crippen LogP contribution in [0.15, 0.2) is 30.3 Å². The van der Waals surface area contributed by atoms with Crippen molar-refractivity contribution in [3.63, 3.8) is 0 Å².